The lowest BCUT2D eigenvalue weighted by atomic mass is 10.1. The second kappa shape index (κ2) is 5.90. The standard InChI is InChI=1S/C16H20FN3/c17-16-4-1-12(7-14(16)8-18)9-19-10-13-5-6-20(11-13)15-2-3-15/h1,4,7,13,15,19H,2-3,5-6,9-11H2. The Balaban J connectivity index is 1.44. The molecule has 3 nitrogen and oxygen atoms in total. The fraction of sp³-hybridized carbons (Fsp3) is 0.562. The van der Waals surface area contributed by atoms with Gasteiger partial charge in [-0.15, -0.1) is 0 Å². The summed E-state index contributed by atoms with van der Waals surface area (Å²) in [6.07, 6.45) is 4.04. The van der Waals surface area contributed by atoms with Gasteiger partial charge in [0.1, 0.15) is 11.9 Å². The van der Waals surface area contributed by atoms with Gasteiger partial charge in [0.05, 0.1) is 5.56 Å². The zero-order valence-corrected chi connectivity index (χ0v) is 11.6. The summed E-state index contributed by atoms with van der Waals surface area (Å²) in [6.45, 7) is 4.16. The third-order valence-corrected chi connectivity index (χ3v) is 4.29. The van der Waals surface area contributed by atoms with Crippen LogP contribution in [0.4, 0.5) is 4.39 Å². The SMILES string of the molecule is N#Cc1cc(CNCC2CCN(C3CC3)C2)ccc1F. The van der Waals surface area contributed by atoms with Crippen LogP contribution in [0.25, 0.3) is 0 Å². The van der Waals surface area contributed by atoms with Gasteiger partial charge in [0.15, 0.2) is 0 Å². The Bertz CT molecular complexity index is 519. The zero-order chi connectivity index (χ0) is 13.9. The molecule has 1 saturated heterocycles. The van der Waals surface area contributed by atoms with Gasteiger partial charge in [0.25, 0.3) is 0 Å². The second-order valence-electron chi connectivity index (χ2n) is 5.94. The van der Waals surface area contributed by atoms with Crippen molar-refractivity contribution in [3.05, 3.63) is 35.1 Å². The van der Waals surface area contributed by atoms with Crippen molar-refractivity contribution in [1.82, 2.24) is 10.2 Å². The molecule has 0 radical (unpaired) electrons. The summed E-state index contributed by atoms with van der Waals surface area (Å²) < 4.78 is 13.2. The fourth-order valence-electron chi connectivity index (χ4n) is 2.99. The van der Waals surface area contributed by atoms with Crippen molar-refractivity contribution in [2.75, 3.05) is 19.6 Å². The van der Waals surface area contributed by atoms with Crippen molar-refractivity contribution in [2.45, 2.75) is 31.8 Å². The Morgan fingerprint density at radius 2 is 2.20 bits per heavy atom. The van der Waals surface area contributed by atoms with Gasteiger partial charge in [-0.25, -0.2) is 4.39 Å². The molecule has 0 aromatic heterocycles. The maximum atomic E-state index is 13.2. The van der Waals surface area contributed by atoms with Crippen molar-refractivity contribution in [2.24, 2.45) is 5.92 Å². The molecule has 20 heavy (non-hydrogen) atoms. The number of nitrogens with one attached hydrogen (secondary N) is 1. The molecule has 2 aliphatic rings. The lowest BCUT2D eigenvalue weighted by molar-refractivity contribution is 0.312. The van der Waals surface area contributed by atoms with E-state index in [1.54, 1.807) is 12.1 Å². The Morgan fingerprint density at radius 1 is 1.35 bits per heavy atom. The molecular formula is C16H20FN3. The van der Waals surface area contributed by atoms with Gasteiger partial charge in [-0.1, -0.05) is 6.07 Å². The summed E-state index contributed by atoms with van der Waals surface area (Å²) in [4.78, 5) is 2.61. The van der Waals surface area contributed by atoms with Gasteiger partial charge in [0, 0.05) is 19.1 Å². The molecule has 1 aromatic rings. The van der Waals surface area contributed by atoms with Crippen molar-refractivity contribution in [3.8, 4) is 6.07 Å². The van der Waals surface area contributed by atoms with E-state index in [1.165, 1.54) is 38.4 Å². The average molecular weight is 273 g/mol. The molecule has 1 heterocycles. The number of halogens is 1. The molecule has 3 rings (SSSR count). The molecule has 1 N–H and O–H groups in total. The number of nitrogens with zero attached hydrogens (tertiary/aromatic N) is 2. The Hall–Kier alpha value is -1.44. The van der Waals surface area contributed by atoms with Crippen LogP contribution >= 0.6 is 0 Å². The minimum Gasteiger partial charge on any atom is -0.312 e. The molecule has 1 aliphatic carbocycles. The smallest absolute Gasteiger partial charge is 0.140 e. The Morgan fingerprint density at radius 3 is 2.95 bits per heavy atom. The van der Waals surface area contributed by atoms with Gasteiger partial charge < -0.3 is 10.2 Å². The van der Waals surface area contributed by atoms with Crippen LogP contribution in [-0.4, -0.2) is 30.6 Å². The van der Waals surface area contributed by atoms with E-state index < -0.39 is 5.82 Å². The fourth-order valence-corrected chi connectivity index (χ4v) is 2.99. The molecule has 0 amide bonds. The van der Waals surface area contributed by atoms with Gasteiger partial charge >= 0.3 is 0 Å². The van der Waals surface area contributed by atoms with Crippen LogP contribution in [0.2, 0.25) is 0 Å². The van der Waals surface area contributed by atoms with Crippen molar-refractivity contribution < 1.29 is 4.39 Å². The number of hydrogen-bond acceptors (Lipinski definition) is 3. The van der Waals surface area contributed by atoms with Crippen LogP contribution in [-0.2, 0) is 6.54 Å². The van der Waals surface area contributed by atoms with E-state index in [2.05, 4.69) is 10.2 Å². The van der Waals surface area contributed by atoms with Crippen molar-refractivity contribution in [1.29, 1.82) is 5.26 Å². The molecule has 2 fully saturated rings. The van der Waals surface area contributed by atoms with Gasteiger partial charge in [-0.05, 0) is 56.0 Å². The van der Waals surface area contributed by atoms with Crippen LogP contribution in [0.5, 0.6) is 0 Å². The molecule has 1 unspecified atom stereocenters. The summed E-state index contributed by atoms with van der Waals surface area (Å²) in [5, 5.41) is 12.2. The highest BCUT2D eigenvalue weighted by molar-refractivity contribution is 5.34. The number of rotatable bonds is 5. The first kappa shape index (κ1) is 13.5. The minimum atomic E-state index is -0.438. The van der Waals surface area contributed by atoms with E-state index in [0.717, 1.165) is 24.1 Å². The molecule has 0 spiro atoms. The summed E-state index contributed by atoms with van der Waals surface area (Å²) >= 11 is 0. The monoisotopic (exact) mass is 273 g/mol. The summed E-state index contributed by atoms with van der Waals surface area (Å²) in [5.74, 6) is 0.290. The second-order valence-corrected chi connectivity index (χ2v) is 5.94. The van der Waals surface area contributed by atoms with Gasteiger partial charge in [-0.3, -0.25) is 0 Å². The largest absolute Gasteiger partial charge is 0.312 e. The highest BCUT2D eigenvalue weighted by Gasteiger charge is 2.33. The Labute approximate surface area is 119 Å². The Kier molecular flexibility index (Phi) is 4.00. The van der Waals surface area contributed by atoms with Crippen LogP contribution < -0.4 is 5.32 Å². The molecular weight excluding hydrogens is 253 g/mol. The third kappa shape index (κ3) is 3.17. The normalized spacial score (nSPS) is 22.9. The number of benzene rings is 1. The van der Waals surface area contributed by atoms with Gasteiger partial charge in [-0.2, -0.15) is 5.26 Å². The molecule has 4 heteroatoms. The van der Waals surface area contributed by atoms with Crippen LogP contribution in [0.1, 0.15) is 30.4 Å². The van der Waals surface area contributed by atoms with E-state index in [1.807, 2.05) is 6.07 Å². The molecule has 1 atom stereocenters. The maximum Gasteiger partial charge on any atom is 0.140 e. The van der Waals surface area contributed by atoms with E-state index in [-0.39, 0.29) is 5.56 Å². The predicted octanol–water partition coefficient (Wildman–Crippen LogP) is 2.27. The first-order valence-electron chi connectivity index (χ1n) is 7.39. The minimum absolute atomic E-state index is 0.130. The molecule has 1 aliphatic heterocycles. The van der Waals surface area contributed by atoms with Gasteiger partial charge in [0.2, 0.25) is 0 Å². The highest BCUT2D eigenvalue weighted by atomic mass is 19.1. The summed E-state index contributed by atoms with van der Waals surface area (Å²) in [5.41, 5.74) is 1.10. The number of hydrogen-bond donors (Lipinski definition) is 1. The molecule has 1 saturated carbocycles. The third-order valence-electron chi connectivity index (χ3n) is 4.29. The van der Waals surface area contributed by atoms with Crippen molar-refractivity contribution >= 4 is 0 Å². The quantitative estimate of drug-likeness (QED) is 0.894. The van der Waals surface area contributed by atoms with Crippen molar-refractivity contribution in [3.63, 3.8) is 0 Å². The van der Waals surface area contributed by atoms with E-state index >= 15 is 0 Å². The topological polar surface area (TPSA) is 39.1 Å². The van der Waals surface area contributed by atoms with E-state index in [4.69, 9.17) is 5.26 Å². The van der Waals surface area contributed by atoms with Crippen LogP contribution in [0.15, 0.2) is 18.2 Å². The summed E-state index contributed by atoms with van der Waals surface area (Å²) in [7, 11) is 0. The number of likely N-dealkylation sites (tertiary alicyclic amines) is 1. The lowest BCUT2D eigenvalue weighted by Crippen LogP contribution is -2.27. The van der Waals surface area contributed by atoms with Crippen LogP contribution in [0, 0.1) is 23.1 Å². The predicted molar refractivity (Wildman–Crippen MR) is 75.5 cm³/mol. The molecule has 0 bridgehead atoms. The highest BCUT2D eigenvalue weighted by Crippen LogP contribution is 2.31. The zero-order valence-electron chi connectivity index (χ0n) is 11.6. The lowest BCUT2D eigenvalue weighted by Gasteiger charge is -2.15. The van der Waals surface area contributed by atoms with E-state index in [9.17, 15) is 4.39 Å². The van der Waals surface area contributed by atoms with E-state index in [0.29, 0.717) is 6.54 Å². The van der Waals surface area contributed by atoms with Crippen LogP contribution in [0.3, 0.4) is 0 Å². The maximum absolute atomic E-state index is 13.2. The first-order valence-corrected chi connectivity index (χ1v) is 7.39. The first-order chi connectivity index (χ1) is 9.76. The average Bonchev–Trinajstić information content (AvgIpc) is 3.21. The summed E-state index contributed by atoms with van der Waals surface area (Å²) in [6, 6.07) is 7.51. The number of nitriles is 1. The molecule has 1 aromatic carbocycles. The molecule has 106 valence electrons.